The van der Waals surface area contributed by atoms with E-state index in [1.54, 1.807) is 12.1 Å². The molecular weight excluding hydrogens is 265 g/mol. The first-order valence-electron chi connectivity index (χ1n) is 4.55. The number of carbonyl (C=O) groups excluding carboxylic acids is 2. The Hall–Kier alpha value is -1.52. The molecule has 0 aliphatic rings. The van der Waals surface area contributed by atoms with Crippen LogP contribution in [-0.4, -0.2) is 19.0 Å². The van der Waals surface area contributed by atoms with Gasteiger partial charge in [-0.3, -0.25) is 4.79 Å². The molecule has 0 fully saturated rings. The van der Waals surface area contributed by atoms with Crippen molar-refractivity contribution in [1.82, 2.24) is 0 Å². The van der Waals surface area contributed by atoms with Gasteiger partial charge in [0, 0.05) is 17.2 Å². The normalized spacial score (nSPS) is 10.3. The molecule has 0 heterocycles. The van der Waals surface area contributed by atoms with Gasteiger partial charge in [0.05, 0.1) is 17.8 Å². The van der Waals surface area contributed by atoms with Crippen LogP contribution in [0.2, 0.25) is 10.0 Å². The van der Waals surface area contributed by atoms with Gasteiger partial charge < -0.3 is 10.1 Å². The molecule has 1 amide bonds. The van der Waals surface area contributed by atoms with E-state index in [2.05, 4.69) is 10.1 Å². The van der Waals surface area contributed by atoms with Crippen molar-refractivity contribution in [1.29, 1.82) is 0 Å². The summed E-state index contributed by atoms with van der Waals surface area (Å²) in [5.74, 6) is -1.11. The van der Waals surface area contributed by atoms with Gasteiger partial charge >= 0.3 is 5.97 Å². The smallest absolute Gasteiger partial charge is 0.330 e. The quantitative estimate of drug-likeness (QED) is 0.681. The Labute approximate surface area is 108 Å². The summed E-state index contributed by atoms with van der Waals surface area (Å²) in [5.41, 5.74) is 0.374. The molecule has 0 aromatic heterocycles. The SMILES string of the molecule is COC(=O)/C=C\C(=O)Nc1cc(Cl)ccc1Cl. The second kappa shape index (κ2) is 6.27. The van der Waals surface area contributed by atoms with E-state index in [4.69, 9.17) is 23.2 Å². The Kier molecular flexibility index (Phi) is 5.00. The number of esters is 1. The van der Waals surface area contributed by atoms with Gasteiger partial charge in [-0.05, 0) is 18.2 Å². The molecule has 17 heavy (non-hydrogen) atoms. The molecule has 1 N–H and O–H groups in total. The van der Waals surface area contributed by atoms with Crippen LogP contribution in [0, 0.1) is 0 Å². The third-order valence-corrected chi connectivity index (χ3v) is 2.32. The predicted molar refractivity (Wildman–Crippen MR) is 66.2 cm³/mol. The lowest BCUT2D eigenvalue weighted by molar-refractivity contribution is -0.135. The lowest BCUT2D eigenvalue weighted by Crippen LogP contribution is -2.09. The minimum Gasteiger partial charge on any atom is -0.466 e. The zero-order valence-corrected chi connectivity index (χ0v) is 10.4. The minimum absolute atomic E-state index is 0.356. The average Bonchev–Trinajstić information content (AvgIpc) is 2.30. The molecule has 4 nitrogen and oxygen atoms in total. The molecule has 90 valence electrons. The zero-order chi connectivity index (χ0) is 12.8. The molecule has 0 bridgehead atoms. The van der Waals surface area contributed by atoms with E-state index in [1.807, 2.05) is 0 Å². The summed E-state index contributed by atoms with van der Waals surface area (Å²) in [6.07, 6.45) is 2.05. The summed E-state index contributed by atoms with van der Waals surface area (Å²) in [6.45, 7) is 0. The molecule has 0 saturated heterocycles. The number of benzene rings is 1. The number of carbonyl (C=O) groups is 2. The van der Waals surface area contributed by atoms with Crippen molar-refractivity contribution >= 4 is 40.8 Å². The second-order valence-corrected chi connectivity index (χ2v) is 3.81. The number of rotatable bonds is 3. The van der Waals surface area contributed by atoms with Crippen LogP contribution in [0.15, 0.2) is 30.4 Å². The molecule has 1 rings (SSSR count). The van der Waals surface area contributed by atoms with Crippen LogP contribution in [0.4, 0.5) is 5.69 Å². The highest BCUT2D eigenvalue weighted by Crippen LogP contribution is 2.25. The van der Waals surface area contributed by atoms with Gasteiger partial charge in [-0.15, -0.1) is 0 Å². The number of ether oxygens (including phenoxy) is 1. The fraction of sp³-hybridized carbons (Fsp3) is 0.0909. The summed E-state index contributed by atoms with van der Waals surface area (Å²) in [7, 11) is 1.22. The highest BCUT2D eigenvalue weighted by Gasteiger charge is 2.04. The van der Waals surface area contributed by atoms with Crippen molar-refractivity contribution < 1.29 is 14.3 Å². The van der Waals surface area contributed by atoms with Crippen molar-refractivity contribution in [3.05, 3.63) is 40.4 Å². The molecule has 0 radical (unpaired) electrons. The van der Waals surface area contributed by atoms with Crippen LogP contribution < -0.4 is 5.32 Å². The lowest BCUT2D eigenvalue weighted by Gasteiger charge is -2.04. The summed E-state index contributed by atoms with van der Waals surface area (Å²) < 4.78 is 4.34. The van der Waals surface area contributed by atoms with E-state index in [0.29, 0.717) is 15.7 Å². The van der Waals surface area contributed by atoms with Crippen LogP contribution in [-0.2, 0) is 14.3 Å². The number of amides is 1. The second-order valence-electron chi connectivity index (χ2n) is 2.97. The van der Waals surface area contributed by atoms with Crippen LogP contribution in [0.25, 0.3) is 0 Å². The molecule has 0 aliphatic carbocycles. The first kappa shape index (κ1) is 13.5. The van der Waals surface area contributed by atoms with E-state index < -0.39 is 11.9 Å². The van der Waals surface area contributed by atoms with Crippen molar-refractivity contribution in [3.8, 4) is 0 Å². The fourth-order valence-electron chi connectivity index (χ4n) is 0.979. The Morgan fingerprint density at radius 2 is 2.00 bits per heavy atom. The lowest BCUT2D eigenvalue weighted by atomic mass is 10.3. The van der Waals surface area contributed by atoms with Gasteiger partial charge in [-0.2, -0.15) is 0 Å². The van der Waals surface area contributed by atoms with E-state index in [-0.39, 0.29) is 0 Å². The molecule has 1 aromatic carbocycles. The Bertz CT molecular complexity index is 472. The Morgan fingerprint density at radius 3 is 2.65 bits per heavy atom. The summed E-state index contributed by atoms with van der Waals surface area (Å²) in [6, 6.07) is 4.67. The van der Waals surface area contributed by atoms with Gasteiger partial charge in [-0.1, -0.05) is 23.2 Å². The van der Waals surface area contributed by atoms with Crippen LogP contribution >= 0.6 is 23.2 Å². The molecule has 1 aromatic rings. The number of methoxy groups -OCH3 is 1. The van der Waals surface area contributed by atoms with E-state index in [9.17, 15) is 9.59 Å². The maximum atomic E-state index is 11.4. The van der Waals surface area contributed by atoms with Gasteiger partial charge in [-0.25, -0.2) is 4.79 Å². The van der Waals surface area contributed by atoms with Gasteiger partial charge in [0.15, 0.2) is 0 Å². The van der Waals surface area contributed by atoms with Gasteiger partial charge in [0.25, 0.3) is 0 Å². The molecule has 0 unspecified atom stereocenters. The minimum atomic E-state index is -0.614. The topological polar surface area (TPSA) is 55.4 Å². The molecule has 6 heteroatoms. The first-order chi connectivity index (χ1) is 8.02. The third-order valence-electron chi connectivity index (χ3n) is 1.76. The number of halogens is 2. The Balaban J connectivity index is 2.71. The molecular formula is C11H9Cl2NO3. The maximum Gasteiger partial charge on any atom is 0.330 e. The monoisotopic (exact) mass is 273 g/mol. The highest BCUT2D eigenvalue weighted by molar-refractivity contribution is 6.35. The first-order valence-corrected chi connectivity index (χ1v) is 5.30. The standard InChI is InChI=1S/C11H9Cl2NO3/c1-17-11(16)5-4-10(15)14-9-6-7(12)2-3-8(9)13/h2-6H,1H3,(H,14,15)/b5-4-. The van der Waals surface area contributed by atoms with E-state index in [1.165, 1.54) is 13.2 Å². The number of anilines is 1. The number of hydrogen-bond acceptors (Lipinski definition) is 3. The third kappa shape index (κ3) is 4.46. The van der Waals surface area contributed by atoms with Crippen molar-refractivity contribution in [2.45, 2.75) is 0 Å². The molecule has 0 spiro atoms. The van der Waals surface area contributed by atoms with Crippen molar-refractivity contribution in [3.63, 3.8) is 0 Å². The van der Waals surface area contributed by atoms with Crippen molar-refractivity contribution in [2.24, 2.45) is 0 Å². The van der Waals surface area contributed by atoms with Crippen LogP contribution in [0.1, 0.15) is 0 Å². The molecule has 0 aliphatic heterocycles. The van der Waals surface area contributed by atoms with Gasteiger partial charge in [0.2, 0.25) is 5.91 Å². The number of hydrogen-bond donors (Lipinski definition) is 1. The van der Waals surface area contributed by atoms with E-state index >= 15 is 0 Å². The highest BCUT2D eigenvalue weighted by atomic mass is 35.5. The van der Waals surface area contributed by atoms with Crippen LogP contribution in [0.5, 0.6) is 0 Å². The van der Waals surface area contributed by atoms with Gasteiger partial charge in [0.1, 0.15) is 0 Å². The largest absolute Gasteiger partial charge is 0.466 e. The molecule has 0 saturated carbocycles. The van der Waals surface area contributed by atoms with Crippen LogP contribution in [0.3, 0.4) is 0 Å². The molecule has 0 atom stereocenters. The number of nitrogens with one attached hydrogen (secondary N) is 1. The summed E-state index contributed by atoms with van der Waals surface area (Å²) >= 11 is 11.6. The fourth-order valence-corrected chi connectivity index (χ4v) is 1.32. The predicted octanol–water partition coefficient (Wildman–Crippen LogP) is 2.66. The Morgan fingerprint density at radius 1 is 1.29 bits per heavy atom. The zero-order valence-electron chi connectivity index (χ0n) is 8.87. The van der Waals surface area contributed by atoms with E-state index in [0.717, 1.165) is 12.2 Å². The maximum absolute atomic E-state index is 11.4. The average molecular weight is 274 g/mol. The summed E-state index contributed by atoms with van der Waals surface area (Å²) in [4.78, 5) is 22.1. The summed E-state index contributed by atoms with van der Waals surface area (Å²) in [5, 5.41) is 3.28. The van der Waals surface area contributed by atoms with Crippen molar-refractivity contribution in [2.75, 3.05) is 12.4 Å².